The van der Waals surface area contributed by atoms with Gasteiger partial charge in [-0.05, 0) is 46.6 Å². The Hall–Kier alpha value is -0.870. The maximum absolute atomic E-state index is 10.1. The fraction of sp³-hybridized carbons (Fsp3) is 0.364. The molecule has 0 heterocycles. The molecule has 0 aliphatic rings. The van der Waals surface area contributed by atoms with Gasteiger partial charge in [-0.15, -0.1) is 0 Å². The van der Waals surface area contributed by atoms with Crippen molar-refractivity contribution >= 4 is 22.2 Å². The average Bonchev–Trinajstić information content (AvgIpc) is 2.25. The van der Waals surface area contributed by atoms with E-state index < -0.39 is 0 Å². The molecule has 1 rings (SSSR count). The van der Waals surface area contributed by atoms with Crippen molar-refractivity contribution in [2.45, 2.75) is 6.42 Å². The van der Waals surface area contributed by atoms with Crippen LogP contribution in [0.4, 0.5) is 0 Å². The van der Waals surface area contributed by atoms with Crippen LogP contribution in [0.25, 0.3) is 0 Å². The van der Waals surface area contributed by atoms with Crippen LogP contribution in [-0.2, 0) is 11.2 Å². The number of carbonyl (C=O) groups is 1. The van der Waals surface area contributed by atoms with Crippen LogP contribution in [0, 0.1) is 0 Å². The third kappa shape index (κ3) is 4.01. The molecule has 1 N–H and O–H groups in total. The average molecular weight is 272 g/mol. The molecule has 4 heteroatoms. The number of hydrogen-bond acceptors (Lipinski definition) is 3. The monoisotopic (exact) mass is 271 g/mol. The van der Waals surface area contributed by atoms with Gasteiger partial charge in [0.15, 0.2) is 0 Å². The van der Waals surface area contributed by atoms with Crippen molar-refractivity contribution in [1.82, 2.24) is 5.32 Å². The molecule has 82 valence electrons. The number of benzene rings is 1. The van der Waals surface area contributed by atoms with E-state index in [-0.39, 0.29) is 0 Å². The van der Waals surface area contributed by atoms with Gasteiger partial charge in [-0.3, -0.25) is 0 Å². The van der Waals surface area contributed by atoms with Gasteiger partial charge in [0.25, 0.3) is 0 Å². The minimum absolute atomic E-state index is 0.414. The SMILES string of the molecule is COc1ccc(CCNCC=O)cc1Br. The van der Waals surface area contributed by atoms with Crippen LogP contribution in [0.15, 0.2) is 22.7 Å². The zero-order valence-electron chi connectivity index (χ0n) is 8.63. The normalized spacial score (nSPS) is 10.0. The zero-order valence-corrected chi connectivity index (χ0v) is 10.2. The van der Waals surface area contributed by atoms with E-state index in [2.05, 4.69) is 21.2 Å². The number of hydrogen-bond donors (Lipinski definition) is 1. The van der Waals surface area contributed by atoms with Gasteiger partial charge in [0.1, 0.15) is 12.0 Å². The van der Waals surface area contributed by atoms with E-state index >= 15 is 0 Å². The molecule has 0 amide bonds. The van der Waals surface area contributed by atoms with E-state index in [1.807, 2.05) is 18.2 Å². The van der Waals surface area contributed by atoms with Crippen LogP contribution in [0.1, 0.15) is 5.56 Å². The largest absolute Gasteiger partial charge is 0.496 e. The molecule has 0 saturated heterocycles. The summed E-state index contributed by atoms with van der Waals surface area (Å²) >= 11 is 3.43. The highest BCUT2D eigenvalue weighted by molar-refractivity contribution is 9.10. The predicted molar refractivity (Wildman–Crippen MR) is 63.3 cm³/mol. The summed E-state index contributed by atoms with van der Waals surface area (Å²) in [5, 5.41) is 3.02. The number of carbonyl (C=O) groups excluding carboxylic acids is 1. The molecule has 0 spiro atoms. The highest BCUT2D eigenvalue weighted by Gasteiger charge is 2.00. The van der Waals surface area contributed by atoms with Crippen molar-refractivity contribution < 1.29 is 9.53 Å². The number of rotatable bonds is 6. The van der Waals surface area contributed by atoms with E-state index in [1.165, 1.54) is 5.56 Å². The van der Waals surface area contributed by atoms with Gasteiger partial charge in [0.05, 0.1) is 18.1 Å². The van der Waals surface area contributed by atoms with Crippen LogP contribution in [0.3, 0.4) is 0 Å². The second-order valence-corrected chi connectivity index (χ2v) is 3.94. The summed E-state index contributed by atoms with van der Waals surface area (Å²) in [6.45, 7) is 1.22. The molecule has 0 atom stereocenters. The molecular formula is C11H14BrNO2. The van der Waals surface area contributed by atoms with E-state index in [4.69, 9.17) is 4.74 Å². The number of ether oxygens (including phenoxy) is 1. The van der Waals surface area contributed by atoms with E-state index in [1.54, 1.807) is 7.11 Å². The lowest BCUT2D eigenvalue weighted by Gasteiger charge is -2.06. The van der Waals surface area contributed by atoms with Crippen LogP contribution >= 0.6 is 15.9 Å². The molecule has 0 aliphatic heterocycles. The quantitative estimate of drug-likeness (QED) is 0.633. The Balaban J connectivity index is 2.48. The zero-order chi connectivity index (χ0) is 11.1. The molecule has 0 fully saturated rings. The maximum Gasteiger partial charge on any atom is 0.133 e. The van der Waals surface area contributed by atoms with Crippen molar-refractivity contribution in [1.29, 1.82) is 0 Å². The fourth-order valence-electron chi connectivity index (χ4n) is 1.26. The Morgan fingerprint density at radius 3 is 2.93 bits per heavy atom. The minimum atomic E-state index is 0.414. The van der Waals surface area contributed by atoms with E-state index in [9.17, 15) is 4.79 Å². The minimum Gasteiger partial charge on any atom is -0.496 e. The Morgan fingerprint density at radius 2 is 2.33 bits per heavy atom. The third-order valence-electron chi connectivity index (χ3n) is 2.03. The number of halogens is 1. The van der Waals surface area contributed by atoms with Gasteiger partial charge in [0.2, 0.25) is 0 Å². The molecular weight excluding hydrogens is 258 g/mol. The van der Waals surface area contributed by atoms with E-state index in [0.29, 0.717) is 6.54 Å². The van der Waals surface area contributed by atoms with Gasteiger partial charge in [-0.2, -0.15) is 0 Å². The highest BCUT2D eigenvalue weighted by atomic mass is 79.9. The van der Waals surface area contributed by atoms with Gasteiger partial charge < -0.3 is 14.8 Å². The Labute approximate surface area is 97.9 Å². The number of nitrogens with one attached hydrogen (secondary N) is 1. The molecule has 15 heavy (non-hydrogen) atoms. The first-order valence-electron chi connectivity index (χ1n) is 4.74. The smallest absolute Gasteiger partial charge is 0.133 e. The van der Waals surface area contributed by atoms with Crippen LogP contribution < -0.4 is 10.1 Å². The summed E-state index contributed by atoms with van der Waals surface area (Å²) in [7, 11) is 1.64. The van der Waals surface area contributed by atoms with Gasteiger partial charge in [0, 0.05) is 0 Å². The lowest BCUT2D eigenvalue weighted by atomic mass is 10.1. The maximum atomic E-state index is 10.1. The number of aldehydes is 1. The van der Waals surface area contributed by atoms with Gasteiger partial charge >= 0.3 is 0 Å². The van der Waals surface area contributed by atoms with Crippen LogP contribution in [-0.4, -0.2) is 26.5 Å². The Morgan fingerprint density at radius 1 is 1.53 bits per heavy atom. The molecule has 1 aromatic rings. The fourth-order valence-corrected chi connectivity index (χ4v) is 1.85. The summed E-state index contributed by atoms with van der Waals surface area (Å²) < 4.78 is 6.09. The topological polar surface area (TPSA) is 38.3 Å². The second-order valence-electron chi connectivity index (χ2n) is 3.09. The second kappa shape index (κ2) is 6.58. The molecule has 0 radical (unpaired) electrons. The molecule has 1 aromatic carbocycles. The molecule has 0 bridgehead atoms. The lowest BCUT2D eigenvalue weighted by molar-refractivity contribution is -0.107. The molecule has 0 saturated carbocycles. The van der Waals surface area contributed by atoms with Crippen LogP contribution in [0.5, 0.6) is 5.75 Å². The first-order chi connectivity index (χ1) is 7.27. The first kappa shape index (κ1) is 12.2. The lowest BCUT2D eigenvalue weighted by Crippen LogP contribution is -2.19. The van der Waals surface area contributed by atoms with Crippen molar-refractivity contribution in [3.05, 3.63) is 28.2 Å². The van der Waals surface area contributed by atoms with Crippen molar-refractivity contribution in [3.8, 4) is 5.75 Å². The van der Waals surface area contributed by atoms with Crippen molar-refractivity contribution in [2.75, 3.05) is 20.2 Å². The number of methoxy groups -OCH3 is 1. The van der Waals surface area contributed by atoms with Crippen LogP contribution in [0.2, 0.25) is 0 Å². The highest BCUT2D eigenvalue weighted by Crippen LogP contribution is 2.25. The summed E-state index contributed by atoms with van der Waals surface area (Å²) in [6, 6.07) is 5.98. The standard InChI is InChI=1S/C11H14BrNO2/c1-15-11-3-2-9(8-10(11)12)4-5-13-6-7-14/h2-3,7-8,13H,4-6H2,1H3. The third-order valence-corrected chi connectivity index (χ3v) is 2.65. The Kier molecular flexibility index (Phi) is 5.36. The van der Waals surface area contributed by atoms with Gasteiger partial charge in [-0.1, -0.05) is 6.07 Å². The van der Waals surface area contributed by atoms with Crippen molar-refractivity contribution in [3.63, 3.8) is 0 Å². The summed E-state index contributed by atoms with van der Waals surface area (Å²) in [4.78, 5) is 10.1. The molecule has 3 nitrogen and oxygen atoms in total. The van der Waals surface area contributed by atoms with E-state index in [0.717, 1.165) is 29.5 Å². The summed E-state index contributed by atoms with van der Waals surface area (Å²) in [6.07, 6.45) is 1.76. The molecule has 0 aliphatic carbocycles. The summed E-state index contributed by atoms with van der Waals surface area (Å²) in [5.74, 6) is 0.833. The predicted octanol–water partition coefficient (Wildman–Crippen LogP) is 1.79. The Bertz CT molecular complexity index is 328. The molecule has 0 aromatic heterocycles. The molecule has 0 unspecified atom stereocenters. The summed E-state index contributed by atoms with van der Waals surface area (Å²) in [5.41, 5.74) is 1.21. The first-order valence-corrected chi connectivity index (χ1v) is 5.54. The van der Waals surface area contributed by atoms with Gasteiger partial charge in [-0.25, -0.2) is 0 Å². The van der Waals surface area contributed by atoms with Crippen molar-refractivity contribution in [2.24, 2.45) is 0 Å².